The smallest absolute Gasteiger partial charge is 0.250 e. The van der Waals surface area contributed by atoms with Crippen molar-refractivity contribution >= 4 is 21.8 Å². The molecule has 1 aliphatic heterocycles. The Morgan fingerprint density at radius 1 is 1.26 bits per heavy atom. The normalized spacial score (nSPS) is 20.4. The number of hydrogen-bond acceptors (Lipinski definition) is 4. The number of aromatic nitrogens is 1. The molecule has 1 amide bonds. The van der Waals surface area contributed by atoms with Gasteiger partial charge in [0.05, 0.1) is 5.92 Å². The minimum atomic E-state index is -0.156. The number of nitrogens with one attached hydrogen (secondary N) is 1. The highest BCUT2D eigenvalue weighted by atomic mass is 79.9. The quantitative estimate of drug-likeness (QED) is 0.500. The molecule has 1 unspecified atom stereocenters. The summed E-state index contributed by atoms with van der Waals surface area (Å²) in [6.07, 6.45) is 6.74. The molecule has 2 aliphatic rings. The van der Waals surface area contributed by atoms with Crippen molar-refractivity contribution in [2.24, 2.45) is 13.0 Å². The van der Waals surface area contributed by atoms with Crippen LogP contribution in [-0.4, -0.2) is 48.2 Å². The molecular formula is C27H36BrN3O3. The number of rotatable bonds is 9. The van der Waals surface area contributed by atoms with Gasteiger partial charge in [-0.25, -0.2) is 0 Å². The van der Waals surface area contributed by atoms with E-state index in [0.717, 1.165) is 55.3 Å². The van der Waals surface area contributed by atoms with Crippen LogP contribution in [0.2, 0.25) is 0 Å². The number of piperidine rings is 1. The van der Waals surface area contributed by atoms with Crippen LogP contribution in [0, 0.1) is 12.8 Å². The number of halogens is 1. The summed E-state index contributed by atoms with van der Waals surface area (Å²) in [6, 6.07) is 8.45. The molecule has 1 aromatic carbocycles. The van der Waals surface area contributed by atoms with Crippen LogP contribution in [0.1, 0.15) is 53.9 Å². The lowest BCUT2D eigenvalue weighted by molar-refractivity contribution is -0.138. The topological polar surface area (TPSA) is 63.6 Å². The number of carbonyl (C=O) groups is 1. The number of aryl methyl sites for hydroxylation is 2. The lowest BCUT2D eigenvalue weighted by Crippen LogP contribution is -2.47. The highest BCUT2D eigenvalue weighted by Crippen LogP contribution is 2.36. The highest BCUT2D eigenvalue weighted by Gasteiger charge is 2.40. The van der Waals surface area contributed by atoms with Crippen molar-refractivity contribution in [2.75, 3.05) is 26.8 Å². The van der Waals surface area contributed by atoms with Gasteiger partial charge in [-0.1, -0.05) is 22.0 Å². The molecule has 0 radical (unpaired) electrons. The predicted molar refractivity (Wildman–Crippen MR) is 138 cm³/mol. The molecule has 2 fully saturated rings. The van der Waals surface area contributed by atoms with Crippen molar-refractivity contribution in [1.29, 1.82) is 0 Å². The molecule has 2 heterocycles. The van der Waals surface area contributed by atoms with E-state index in [1.54, 1.807) is 24.8 Å². The van der Waals surface area contributed by atoms with Crippen LogP contribution in [-0.2, 0) is 29.5 Å². The Bertz CT molecular complexity index is 1080. The summed E-state index contributed by atoms with van der Waals surface area (Å²) in [5.74, 6) is 0.118. The minimum absolute atomic E-state index is 0.0215. The molecule has 7 heteroatoms. The number of pyridine rings is 1. The van der Waals surface area contributed by atoms with Gasteiger partial charge in [0.1, 0.15) is 0 Å². The minimum Gasteiger partial charge on any atom is -0.385 e. The fourth-order valence-electron chi connectivity index (χ4n) is 5.05. The number of carbonyl (C=O) groups excluding carboxylic acids is 1. The van der Waals surface area contributed by atoms with Crippen LogP contribution < -0.4 is 10.9 Å². The van der Waals surface area contributed by atoms with Crippen LogP contribution in [0.5, 0.6) is 0 Å². The number of ether oxygens (including phenoxy) is 1. The van der Waals surface area contributed by atoms with E-state index in [0.29, 0.717) is 19.1 Å². The SMILES string of the molecule is COCCCc1cc(CN(C(=O)C2CNCC[C@@H]2c2ccn(C)c(=O)c2)C2CC2)cc(Br)c1C. The van der Waals surface area contributed by atoms with E-state index in [1.165, 1.54) is 16.7 Å². The third-order valence-electron chi connectivity index (χ3n) is 7.29. The second-order valence-electron chi connectivity index (χ2n) is 9.77. The molecule has 184 valence electrons. The average molecular weight is 531 g/mol. The molecule has 1 aromatic heterocycles. The van der Waals surface area contributed by atoms with Gasteiger partial charge in [-0.15, -0.1) is 0 Å². The van der Waals surface area contributed by atoms with Gasteiger partial charge in [0, 0.05) is 56.6 Å². The number of hydrogen-bond donors (Lipinski definition) is 1. The van der Waals surface area contributed by atoms with E-state index in [1.807, 2.05) is 12.3 Å². The van der Waals surface area contributed by atoms with Crippen molar-refractivity contribution in [1.82, 2.24) is 14.8 Å². The molecule has 2 atom stereocenters. The standard InChI is InChI=1S/C27H36BrN3O3/c1-18-20(5-4-12-34-3)13-19(14-25(18)28)17-31(22-6-7-22)27(33)24-16-29-10-8-23(24)21-9-11-30(2)26(32)15-21/h9,11,13-15,22-24,29H,4-8,10,12,16-17H2,1-3H3/t23-,24?/m1/s1. The number of methoxy groups -OCH3 is 1. The summed E-state index contributed by atoms with van der Waals surface area (Å²) >= 11 is 3.74. The zero-order valence-electron chi connectivity index (χ0n) is 20.5. The van der Waals surface area contributed by atoms with Gasteiger partial charge in [0.25, 0.3) is 5.56 Å². The second-order valence-corrected chi connectivity index (χ2v) is 10.6. The number of benzene rings is 1. The Balaban J connectivity index is 1.56. The van der Waals surface area contributed by atoms with Gasteiger partial charge in [-0.2, -0.15) is 0 Å². The van der Waals surface area contributed by atoms with Crippen LogP contribution >= 0.6 is 15.9 Å². The lowest BCUT2D eigenvalue weighted by Gasteiger charge is -2.36. The summed E-state index contributed by atoms with van der Waals surface area (Å²) in [4.78, 5) is 28.3. The van der Waals surface area contributed by atoms with Gasteiger partial charge >= 0.3 is 0 Å². The summed E-state index contributed by atoms with van der Waals surface area (Å²) < 4.78 is 7.91. The summed E-state index contributed by atoms with van der Waals surface area (Å²) in [6.45, 7) is 5.03. The van der Waals surface area contributed by atoms with Gasteiger partial charge in [-0.3, -0.25) is 9.59 Å². The predicted octanol–water partition coefficient (Wildman–Crippen LogP) is 3.92. The first-order valence-electron chi connectivity index (χ1n) is 12.3. The van der Waals surface area contributed by atoms with Crippen molar-refractivity contribution in [3.63, 3.8) is 0 Å². The Labute approximate surface area is 210 Å². The van der Waals surface area contributed by atoms with Crippen LogP contribution in [0.4, 0.5) is 0 Å². The Kier molecular flexibility index (Phi) is 8.27. The van der Waals surface area contributed by atoms with Gasteiger partial charge in [0.15, 0.2) is 0 Å². The van der Waals surface area contributed by atoms with E-state index in [9.17, 15) is 9.59 Å². The van der Waals surface area contributed by atoms with Crippen molar-refractivity contribution in [3.05, 3.63) is 67.5 Å². The molecular weight excluding hydrogens is 494 g/mol. The third-order valence-corrected chi connectivity index (χ3v) is 8.11. The Morgan fingerprint density at radius 3 is 2.76 bits per heavy atom. The summed E-state index contributed by atoms with van der Waals surface area (Å²) in [5, 5.41) is 3.42. The van der Waals surface area contributed by atoms with Crippen LogP contribution in [0.25, 0.3) is 0 Å². The molecule has 1 saturated heterocycles. The second kappa shape index (κ2) is 11.2. The third kappa shape index (κ3) is 5.81. The first-order valence-corrected chi connectivity index (χ1v) is 13.1. The maximum Gasteiger partial charge on any atom is 0.250 e. The summed E-state index contributed by atoms with van der Waals surface area (Å²) in [7, 11) is 3.49. The molecule has 2 aromatic rings. The molecule has 4 rings (SSSR count). The fourth-order valence-corrected chi connectivity index (χ4v) is 5.60. The molecule has 0 spiro atoms. The van der Waals surface area contributed by atoms with Gasteiger partial charge in [0.2, 0.25) is 5.91 Å². The summed E-state index contributed by atoms with van der Waals surface area (Å²) in [5.41, 5.74) is 4.69. The van der Waals surface area contributed by atoms with E-state index in [-0.39, 0.29) is 23.3 Å². The molecule has 1 N–H and O–H groups in total. The van der Waals surface area contributed by atoms with Crippen molar-refractivity contribution < 1.29 is 9.53 Å². The largest absolute Gasteiger partial charge is 0.385 e. The van der Waals surface area contributed by atoms with E-state index in [2.05, 4.69) is 45.2 Å². The van der Waals surface area contributed by atoms with Crippen molar-refractivity contribution in [2.45, 2.75) is 57.5 Å². The average Bonchev–Trinajstić information content (AvgIpc) is 3.67. The monoisotopic (exact) mass is 529 g/mol. The first kappa shape index (κ1) is 25.1. The highest BCUT2D eigenvalue weighted by molar-refractivity contribution is 9.10. The Hall–Kier alpha value is -1.96. The number of amides is 1. The molecule has 1 aliphatic carbocycles. The van der Waals surface area contributed by atoms with Crippen LogP contribution in [0.15, 0.2) is 39.7 Å². The zero-order chi connectivity index (χ0) is 24.2. The molecule has 34 heavy (non-hydrogen) atoms. The maximum atomic E-state index is 13.9. The van der Waals surface area contributed by atoms with Gasteiger partial charge < -0.3 is 19.5 Å². The van der Waals surface area contributed by atoms with E-state index in [4.69, 9.17) is 4.74 Å². The van der Waals surface area contributed by atoms with E-state index >= 15 is 0 Å². The van der Waals surface area contributed by atoms with Crippen LogP contribution in [0.3, 0.4) is 0 Å². The zero-order valence-corrected chi connectivity index (χ0v) is 22.1. The van der Waals surface area contributed by atoms with E-state index < -0.39 is 0 Å². The molecule has 1 saturated carbocycles. The Morgan fingerprint density at radius 2 is 2.06 bits per heavy atom. The number of nitrogens with zero attached hydrogens (tertiary/aromatic N) is 2. The van der Waals surface area contributed by atoms with Gasteiger partial charge in [-0.05, 0) is 85.9 Å². The first-order chi connectivity index (χ1) is 16.4. The lowest BCUT2D eigenvalue weighted by atomic mass is 9.80. The van der Waals surface area contributed by atoms with Crippen molar-refractivity contribution in [3.8, 4) is 0 Å². The maximum absolute atomic E-state index is 13.9. The molecule has 6 nitrogen and oxygen atoms in total. The fraction of sp³-hybridized carbons (Fsp3) is 0.556. The molecule has 0 bridgehead atoms.